The lowest BCUT2D eigenvalue weighted by Crippen LogP contribution is -2.42. The van der Waals surface area contributed by atoms with E-state index in [1.807, 2.05) is 44.2 Å². The number of hydrogen-bond donors (Lipinski definition) is 0. The number of carbonyl (C=O) groups excluding carboxylic acids is 1. The van der Waals surface area contributed by atoms with Crippen molar-refractivity contribution in [2.24, 2.45) is 0 Å². The topological polar surface area (TPSA) is 54.5 Å². The SMILES string of the molecule is CCN(C(=O)[C@H](C)S(=O)(=O)Cc1ccc(C)cc1)c1ccccc1. The zero-order chi connectivity index (χ0) is 17.7. The summed E-state index contributed by atoms with van der Waals surface area (Å²) >= 11 is 0. The standard InChI is InChI=1S/C19H23NO3S/c1-4-20(18-8-6-5-7-9-18)19(21)16(3)24(22,23)14-17-12-10-15(2)11-13-17/h5-13,16H,4,14H2,1-3H3/t16-/m0/s1. The monoisotopic (exact) mass is 345 g/mol. The van der Waals surface area contributed by atoms with Gasteiger partial charge in [-0.2, -0.15) is 0 Å². The molecule has 1 atom stereocenters. The van der Waals surface area contributed by atoms with Gasteiger partial charge in [0.05, 0.1) is 5.75 Å². The second kappa shape index (κ2) is 7.62. The first-order chi connectivity index (χ1) is 11.3. The van der Waals surface area contributed by atoms with E-state index >= 15 is 0 Å². The first-order valence-electron chi connectivity index (χ1n) is 7.98. The molecule has 24 heavy (non-hydrogen) atoms. The van der Waals surface area contributed by atoms with Crippen molar-refractivity contribution in [3.63, 3.8) is 0 Å². The molecule has 0 unspecified atom stereocenters. The molecule has 0 N–H and O–H groups in total. The minimum atomic E-state index is -3.58. The van der Waals surface area contributed by atoms with Crippen LogP contribution in [-0.4, -0.2) is 26.1 Å². The van der Waals surface area contributed by atoms with Crippen molar-refractivity contribution in [3.05, 3.63) is 65.7 Å². The number of carbonyl (C=O) groups is 1. The highest BCUT2D eigenvalue weighted by Crippen LogP contribution is 2.19. The predicted octanol–water partition coefficient (Wildman–Crippen LogP) is 3.35. The summed E-state index contributed by atoms with van der Waals surface area (Å²) in [6.45, 7) is 5.68. The van der Waals surface area contributed by atoms with E-state index in [1.165, 1.54) is 11.8 Å². The Labute approximate surface area is 144 Å². The maximum atomic E-state index is 12.7. The predicted molar refractivity (Wildman–Crippen MR) is 97.7 cm³/mol. The molecule has 0 saturated heterocycles. The van der Waals surface area contributed by atoms with Crippen molar-refractivity contribution in [3.8, 4) is 0 Å². The minimum Gasteiger partial charge on any atom is -0.312 e. The summed E-state index contributed by atoms with van der Waals surface area (Å²) < 4.78 is 25.3. The lowest BCUT2D eigenvalue weighted by molar-refractivity contribution is -0.117. The molecule has 0 aromatic heterocycles. The van der Waals surface area contributed by atoms with E-state index in [-0.39, 0.29) is 5.75 Å². The van der Waals surface area contributed by atoms with Crippen LogP contribution in [0.15, 0.2) is 54.6 Å². The molecule has 0 spiro atoms. The fraction of sp³-hybridized carbons (Fsp3) is 0.316. The Morgan fingerprint density at radius 2 is 1.62 bits per heavy atom. The van der Waals surface area contributed by atoms with Gasteiger partial charge in [-0.3, -0.25) is 4.79 Å². The molecule has 5 heteroatoms. The smallest absolute Gasteiger partial charge is 0.245 e. The van der Waals surface area contributed by atoms with Crippen molar-refractivity contribution in [1.82, 2.24) is 0 Å². The Morgan fingerprint density at radius 3 is 2.17 bits per heavy atom. The van der Waals surface area contributed by atoms with Crippen LogP contribution in [0.3, 0.4) is 0 Å². The van der Waals surface area contributed by atoms with Crippen molar-refractivity contribution in [2.75, 3.05) is 11.4 Å². The van der Waals surface area contributed by atoms with Gasteiger partial charge in [0.1, 0.15) is 5.25 Å². The van der Waals surface area contributed by atoms with Crippen molar-refractivity contribution in [2.45, 2.75) is 31.8 Å². The van der Waals surface area contributed by atoms with E-state index in [9.17, 15) is 13.2 Å². The van der Waals surface area contributed by atoms with Gasteiger partial charge in [-0.05, 0) is 38.5 Å². The molecule has 2 aromatic rings. The fourth-order valence-electron chi connectivity index (χ4n) is 2.49. The minimum absolute atomic E-state index is 0.132. The van der Waals surface area contributed by atoms with Gasteiger partial charge < -0.3 is 4.90 Å². The molecule has 0 radical (unpaired) electrons. The quantitative estimate of drug-likeness (QED) is 0.807. The molecule has 0 aliphatic heterocycles. The first kappa shape index (κ1) is 18.2. The molecule has 2 rings (SSSR count). The highest BCUT2D eigenvalue weighted by molar-refractivity contribution is 7.92. The Balaban J connectivity index is 2.20. The van der Waals surface area contributed by atoms with E-state index in [0.29, 0.717) is 17.8 Å². The molecule has 0 fully saturated rings. The van der Waals surface area contributed by atoms with Crippen molar-refractivity contribution in [1.29, 1.82) is 0 Å². The summed E-state index contributed by atoms with van der Waals surface area (Å²) in [5.74, 6) is -0.525. The Bertz CT molecular complexity index is 783. The number of hydrogen-bond acceptors (Lipinski definition) is 3. The summed E-state index contributed by atoms with van der Waals surface area (Å²) in [6, 6.07) is 16.5. The zero-order valence-corrected chi connectivity index (χ0v) is 15.1. The summed E-state index contributed by atoms with van der Waals surface area (Å²) in [5, 5.41) is -1.08. The van der Waals surface area contributed by atoms with E-state index in [2.05, 4.69) is 0 Å². The van der Waals surface area contributed by atoms with Gasteiger partial charge in [-0.1, -0.05) is 48.0 Å². The van der Waals surface area contributed by atoms with Gasteiger partial charge in [0.2, 0.25) is 5.91 Å². The van der Waals surface area contributed by atoms with Crippen LogP contribution in [-0.2, 0) is 20.4 Å². The van der Waals surface area contributed by atoms with Crippen LogP contribution in [0, 0.1) is 6.92 Å². The number of anilines is 1. The van der Waals surface area contributed by atoms with E-state index in [1.54, 1.807) is 24.3 Å². The van der Waals surface area contributed by atoms with Crippen LogP contribution in [0.25, 0.3) is 0 Å². The van der Waals surface area contributed by atoms with Crippen LogP contribution in [0.2, 0.25) is 0 Å². The van der Waals surface area contributed by atoms with Crippen LogP contribution in [0.4, 0.5) is 5.69 Å². The normalized spacial score (nSPS) is 12.6. The lowest BCUT2D eigenvalue weighted by Gasteiger charge is -2.24. The molecule has 0 aliphatic rings. The zero-order valence-electron chi connectivity index (χ0n) is 14.3. The maximum Gasteiger partial charge on any atom is 0.245 e. The van der Waals surface area contributed by atoms with E-state index < -0.39 is 21.0 Å². The lowest BCUT2D eigenvalue weighted by atomic mass is 10.2. The van der Waals surface area contributed by atoms with E-state index in [4.69, 9.17) is 0 Å². The van der Waals surface area contributed by atoms with Gasteiger partial charge in [0.25, 0.3) is 0 Å². The molecule has 4 nitrogen and oxygen atoms in total. The van der Waals surface area contributed by atoms with Gasteiger partial charge in [0, 0.05) is 12.2 Å². The third-order valence-corrected chi connectivity index (χ3v) is 6.04. The molecule has 0 saturated carbocycles. The van der Waals surface area contributed by atoms with Crippen molar-refractivity contribution < 1.29 is 13.2 Å². The largest absolute Gasteiger partial charge is 0.312 e. The third kappa shape index (κ3) is 4.23. The number of para-hydroxylation sites is 1. The Morgan fingerprint density at radius 1 is 1.04 bits per heavy atom. The number of benzene rings is 2. The summed E-state index contributed by atoms with van der Waals surface area (Å²) in [6.07, 6.45) is 0. The molecule has 128 valence electrons. The molecule has 0 aliphatic carbocycles. The van der Waals surface area contributed by atoms with Crippen molar-refractivity contribution >= 4 is 21.4 Å². The second-order valence-corrected chi connectivity index (χ2v) is 8.17. The molecular formula is C19H23NO3S. The highest BCUT2D eigenvalue weighted by Gasteiger charge is 2.31. The first-order valence-corrected chi connectivity index (χ1v) is 9.70. The van der Waals surface area contributed by atoms with Crippen LogP contribution in [0.1, 0.15) is 25.0 Å². The molecule has 0 heterocycles. The number of amides is 1. The molecular weight excluding hydrogens is 322 g/mol. The molecule has 1 amide bonds. The fourth-order valence-corrected chi connectivity index (χ4v) is 3.83. The van der Waals surface area contributed by atoms with Gasteiger partial charge in [0.15, 0.2) is 9.84 Å². The van der Waals surface area contributed by atoms with Gasteiger partial charge >= 0.3 is 0 Å². The Hall–Kier alpha value is -2.14. The summed E-state index contributed by atoms with van der Waals surface area (Å²) in [4.78, 5) is 14.2. The van der Waals surface area contributed by atoms with Gasteiger partial charge in [-0.15, -0.1) is 0 Å². The van der Waals surface area contributed by atoms with Crippen LogP contribution < -0.4 is 4.90 Å². The average Bonchev–Trinajstić information content (AvgIpc) is 2.57. The maximum absolute atomic E-state index is 12.7. The number of rotatable bonds is 6. The van der Waals surface area contributed by atoms with Gasteiger partial charge in [-0.25, -0.2) is 8.42 Å². The van der Waals surface area contributed by atoms with Crippen LogP contribution >= 0.6 is 0 Å². The second-order valence-electron chi connectivity index (χ2n) is 5.85. The van der Waals surface area contributed by atoms with E-state index in [0.717, 1.165) is 5.56 Å². The number of aryl methyl sites for hydroxylation is 1. The number of nitrogens with zero attached hydrogens (tertiary/aromatic N) is 1. The van der Waals surface area contributed by atoms with Crippen LogP contribution in [0.5, 0.6) is 0 Å². The number of sulfone groups is 1. The molecule has 2 aromatic carbocycles. The Kier molecular flexibility index (Phi) is 5.78. The summed E-state index contributed by atoms with van der Waals surface area (Å²) in [7, 11) is -3.58. The third-order valence-electron chi connectivity index (χ3n) is 4.03. The highest BCUT2D eigenvalue weighted by atomic mass is 32.2. The average molecular weight is 345 g/mol. The summed E-state index contributed by atoms with van der Waals surface area (Å²) in [5.41, 5.74) is 2.48. The molecule has 0 bridgehead atoms.